The average molecular weight is 884 g/mol. The van der Waals surface area contributed by atoms with Gasteiger partial charge in [0.15, 0.2) is 0 Å². The van der Waals surface area contributed by atoms with E-state index in [-0.39, 0.29) is 17.1 Å². The van der Waals surface area contributed by atoms with Gasteiger partial charge in [0.25, 0.3) is 0 Å². The molecular weight excluding hydrogens is 856 g/mol. The average Bonchev–Trinajstić information content (AvgIpc) is 4.10. The van der Waals surface area contributed by atoms with Crippen molar-refractivity contribution >= 4 is 44.1 Å². The van der Waals surface area contributed by atoms with Gasteiger partial charge in [0.1, 0.15) is 0 Å². The Morgan fingerprint density at radius 3 is 0.954 bits per heavy atom. The first kappa shape index (κ1) is 38.1. The fraction of sp³-hybridized carbons (Fsp3) is 0. The predicted molar refractivity (Wildman–Crippen MR) is 247 cm³/mol. The Kier molecular flexibility index (Phi) is 8.97. The maximum atomic E-state index is 5.24. The van der Waals surface area contributed by atoms with Crippen LogP contribution in [0.2, 0.25) is 0 Å². The Morgan fingerprint density at radius 1 is 0.277 bits per heavy atom. The minimum Gasteiger partial charge on any atom is -0.357 e. The summed E-state index contributed by atoms with van der Waals surface area (Å²) >= 11 is 0. The van der Waals surface area contributed by atoms with Crippen LogP contribution in [-0.4, -0.2) is 49.8 Å². The van der Waals surface area contributed by atoms with Crippen LogP contribution < -0.4 is 9.97 Å². The van der Waals surface area contributed by atoms with Crippen LogP contribution in [0.15, 0.2) is 171 Å². The van der Waals surface area contributed by atoms with Gasteiger partial charge in [-0.25, -0.2) is 9.97 Å². The van der Waals surface area contributed by atoms with Gasteiger partial charge in [0.05, 0.1) is 23.3 Å². The van der Waals surface area contributed by atoms with Crippen LogP contribution in [0.25, 0.3) is 134 Å². The molecule has 2 aliphatic heterocycles. The quantitative estimate of drug-likeness (QED) is 0.154. The fourth-order valence-corrected chi connectivity index (χ4v) is 8.52. The number of aromatic nitrogens is 12. The molecule has 0 saturated carbocycles. The first-order chi connectivity index (χ1) is 31.7. The second-order valence-electron chi connectivity index (χ2n) is 15.5. The molecule has 4 aromatic carbocycles. The Hall–Kier alpha value is -8.64. The third kappa shape index (κ3) is 6.53. The van der Waals surface area contributed by atoms with E-state index in [1.807, 2.05) is 97.6 Å². The summed E-state index contributed by atoms with van der Waals surface area (Å²) in [6.07, 6.45) is 14.4. The molecule has 8 bridgehead atoms. The third-order valence-corrected chi connectivity index (χ3v) is 11.7. The fourth-order valence-electron chi connectivity index (χ4n) is 8.52. The molecule has 7 aromatic heterocycles. The molecule has 307 valence electrons. The van der Waals surface area contributed by atoms with Gasteiger partial charge >= 0.3 is 17.1 Å². The summed E-state index contributed by atoms with van der Waals surface area (Å²) in [7, 11) is 0. The van der Waals surface area contributed by atoms with Gasteiger partial charge in [0.2, 0.25) is 0 Å². The van der Waals surface area contributed by atoms with Crippen molar-refractivity contribution in [3.05, 3.63) is 171 Å². The largest absolute Gasteiger partial charge is 2.00 e. The number of hydrogen-bond donors (Lipinski definition) is 0. The predicted octanol–water partition coefficient (Wildman–Crippen LogP) is 10.4. The zero-order chi connectivity index (χ0) is 42.1. The molecule has 0 atom stereocenters. The van der Waals surface area contributed by atoms with Crippen molar-refractivity contribution in [2.45, 2.75) is 0 Å². The Morgan fingerprint density at radius 2 is 0.600 bits per heavy atom. The summed E-state index contributed by atoms with van der Waals surface area (Å²) in [5, 5.41) is 3.23. The maximum absolute atomic E-state index is 5.24. The summed E-state index contributed by atoms with van der Waals surface area (Å²) in [6.45, 7) is 0. The molecule has 9 heterocycles. The van der Waals surface area contributed by atoms with Crippen LogP contribution in [0.1, 0.15) is 0 Å². The Labute approximate surface area is 380 Å². The molecule has 13 rings (SSSR count). The van der Waals surface area contributed by atoms with E-state index in [1.54, 1.807) is 24.8 Å². The summed E-state index contributed by atoms with van der Waals surface area (Å²) in [6, 6.07) is 40.5. The zero-order valence-corrected chi connectivity index (χ0v) is 34.8. The van der Waals surface area contributed by atoms with Crippen LogP contribution in [0, 0.1) is 0 Å². The van der Waals surface area contributed by atoms with Crippen LogP contribution in [-0.2, 0) is 17.1 Å². The van der Waals surface area contributed by atoms with E-state index in [0.29, 0.717) is 45.9 Å². The van der Waals surface area contributed by atoms with E-state index in [1.165, 1.54) is 0 Å². The Bertz CT molecular complexity index is 3590. The van der Waals surface area contributed by atoms with Crippen molar-refractivity contribution in [2.75, 3.05) is 0 Å². The minimum absolute atomic E-state index is 0. The van der Waals surface area contributed by atoms with Crippen LogP contribution in [0.3, 0.4) is 0 Å². The number of fused-ring (bicyclic) bond motifs is 20. The Balaban J connectivity index is 0.00000444. The molecule has 0 unspecified atom stereocenters. The van der Waals surface area contributed by atoms with Gasteiger partial charge in [-0.2, -0.15) is 0 Å². The first-order valence-electron chi connectivity index (χ1n) is 20.6. The summed E-state index contributed by atoms with van der Waals surface area (Å²) < 4.78 is 0. The molecule has 11 aromatic rings. The molecule has 0 amide bonds. The van der Waals surface area contributed by atoms with Crippen molar-refractivity contribution in [3.63, 3.8) is 0 Å². The van der Waals surface area contributed by atoms with Crippen molar-refractivity contribution < 1.29 is 17.1 Å². The van der Waals surface area contributed by atoms with Crippen molar-refractivity contribution in [1.29, 1.82) is 0 Å². The van der Waals surface area contributed by atoms with Gasteiger partial charge < -0.3 is 29.9 Å². The zero-order valence-electron chi connectivity index (χ0n) is 33.8. The van der Waals surface area contributed by atoms with Crippen LogP contribution in [0.5, 0.6) is 0 Å². The van der Waals surface area contributed by atoms with E-state index in [4.69, 9.17) is 39.9 Å². The number of benzene rings is 4. The molecule has 65 heavy (non-hydrogen) atoms. The third-order valence-electron chi connectivity index (χ3n) is 11.7. The van der Waals surface area contributed by atoms with Gasteiger partial charge in [-0.3, -0.25) is 19.9 Å². The molecule has 0 saturated heterocycles. The monoisotopic (exact) mass is 883 g/mol. The number of hydrogen-bond acceptors (Lipinski definition) is 10. The molecule has 0 aliphatic carbocycles. The van der Waals surface area contributed by atoms with Gasteiger partial charge in [-0.05, 0) is 92.3 Å². The summed E-state index contributed by atoms with van der Waals surface area (Å²) in [4.78, 5) is 59.1. The maximum Gasteiger partial charge on any atom is 2.00 e. The second kappa shape index (κ2) is 15.3. The van der Waals surface area contributed by atoms with Crippen molar-refractivity contribution in [2.24, 2.45) is 0 Å². The summed E-state index contributed by atoms with van der Waals surface area (Å²) in [5.74, 6) is 1.87. The van der Waals surface area contributed by atoms with E-state index in [0.717, 1.165) is 88.3 Å². The van der Waals surface area contributed by atoms with Gasteiger partial charge in [0, 0.05) is 117 Å². The smallest absolute Gasteiger partial charge is 0.357 e. The molecule has 13 heteroatoms. The van der Waals surface area contributed by atoms with Crippen molar-refractivity contribution in [1.82, 2.24) is 59.8 Å². The van der Waals surface area contributed by atoms with Gasteiger partial charge in [-0.15, -0.1) is 0 Å². The minimum atomic E-state index is 0. The first-order valence-corrected chi connectivity index (χ1v) is 20.6. The summed E-state index contributed by atoms with van der Waals surface area (Å²) in [5.41, 5.74) is 12.8. The molecule has 0 N–H and O–H groups in total. The van der Waals surface area contributed by atoms with Crippen molar-refractivity contribution in [3.8, 4) is 90.1 Å². The van der Waals surface area contributed by atoms with E-state index in [9.17, 15) is 0 Å². The second-order valence-corrected chi connectivity index (χ2v) is 15.5. The topological polar surface area (TPSA) is 157 Å². The SMILES string of the molecule is [Cu+2].c1cncc(-c2ccc3c(c2)-c2nc-3nc3[n-]c(nc4nc(nc5[n-]c(n2)c2ccc(-c6cccnc6)cc52)-c2ccc(-c5cccnc5)cc2-4)c2ccc(-c4cccnc4)cc32)c1. The molecule has 1 radical (unpaired) electrons. The molecule has 2 aliphatic rings. The molecule has 12 nitrogen and oxygen atoms in total. The van der Waals surface area contributed by atoms with E-state index in [2.05, 4.69) is 68.5 Å². The van der Waals surface area contributed by atoms with E-state index >= 15 is 0 Å². The number of pyridine rings is 4. The van der Waals surface area contributed by atoms with E-state index < -0.39 is 0 Å². The normalized spacial score (nSPS) is 11.6. The van der Waals surface area contributed by atoms with Crippen LogP contribution in [0.4, 0.5) is 0 Å². The number of rotatable bonds is 4. The number of nitrogens with zero attached hydrogens (tertiary/aromatic N) is 12. The standard InChI is InChI=1S/C52H28N12.Cu/c1-5-33(25-53-17-1)29-9-13-37-41(21-29)49-57-45(37)62-50-43-23-31(35-7-3-19-55-27-35)11-15-39(43)47(59-50)64-52-44-24-32(36-8-4-20-56-28-36)12-16-40(44)48(60-52)63-51-42-22-30(34-6-2-18-54-26-34)10-14-38(42)46(58-51)61-49;/h1-28H;/q-2;+2. The molecule has 0 spiro atoms. The van der Waals surface area contributed by atoms with Crippen LogP contribution >= 0.6 is 0 Å². The molecular formula is C52H28CuN12. The van der Waals surface area contributed by atoms with Gasteiger partial charge in [-0.1, -0.05) is 72.8 Å². The molecule has 0 fully saturated rings.